The lowest BCUT2D eigenvalue weighted by Crippen LogP contribution is -1.96. The Bertz CT molecular complexity index is 860. The van der Waals surface area contributed by atoms with Crippen LogP contribution in [0.3, 0.4) is 0 Å². The number of benzene rings is 2. The number of methoxy groups -OCH3 is 1. The monoisotopic (exact) mass is 296 g/mol. The molecule has 0 fully saturated rings. The molecule has 110 valence electrons. The quantitative estimate of drug-likeness (QED) is 0.590. The maximum absolute atomic E-state index is 11.5. The number of phenols is 1. The van der Waals surface area contributed by atoms with Gasteiger partial charge in [0.2, 0.25) is 0 Å². The van der Waals surface area contributed by atoms with Crippen molar-refractivity contribution >= 4 is 16.6 Å². The van der Waals surface area contributed by atoms with Gasteiger partial charge in [-0.05, 0) is 35.9 Å². The van der Waals surface area contributed by atoms with Gasteiger partial charge in [-0.15, -0.1) is 0 Å². The lowest BCUT2D eigenvalue weighted by atomic mass is 10.00. The molecule has 6 heteroatoms. The summed E-state index contributed by atoms with van der Waals surface area (Å²) in [5, 5.41) is 22.0. The van der Waals surface area contributed by atoms with E-state index < -0.39 is 4.92 Å². The van der Waals surface area contributed by atoms with Crippen molar-refractivity contribution in [2.75, 3.05) is 7.11 Å². The predicted molar refractivity (Wildman–Crippen MR) is 82.1 cm³/mol. The van der Waals surface area contributed by atoms with Crippen LogP contribution in [0.2, 0.25) is 0 Å². The van der Waals surface area contributed by atoms with E-state index in [1.807, 2.05) is 0 Å². The molecular weight excluding hydrogens is 284 g/mol. The van der Waals surface area contributed by atoms with Crippen LogP contribution < -0.4 is 4.74 Å². The molecule has 1 aromatic heterocycles. The molecule has 2 aromatic carbocycles. The highest BCUT2D eigenvalue weighted by Gasteiger charge is 2.23. The van der Waals surface area contributed by atoms with E-state index in [-0.39, 0.29) is 17.0 Å². The van der Waals surface area contributed by atoms with Crippen molar-refractivity contribution in [3.8, 4) is 22.6 Å². The van der Waals surface area contributed by atoms with Crippen LogP contribution in [0, 0.1) is 10.1 Å². The largest absolute Gasteiger partial charge is 0.507 e. The number of phenolic OH excluding ortho intramolecular Hbond substituents is 1. The summed E-state index contributed by atoms with van der Waals surface area (Å²) in [6.45, 7) is 0. The van der Waals surface area contributed by atoms with Crippen LogP contribution in [-0.4, -0.2) is 22.1 Å². The van der Waals surface area contributed by atoms with Crippen molar-refractivity contribution in [1.82, 2.24) is 4.98 Å². The van der Waals surface area contributed by atoms with E-state index >= 15 is 0 Å². The standard InChI is InChI=1S/C16H12N2O4/c1-22-11-6-4-10(5-7-11)13-9-14(19)12-3-2-8-17-15(12)16(13)18(20)21/h2-9,19H,1H3. The Kier molecular flexibility index (Phi) is 3.34. The van der Waals surface area contributed by atoms with E-state index in [2.05, 4.69) is 4.98 Å². The molecule has 3 aromatic rings. The zero-order valence-electron chi connectivity index (χ0n) is 11.7. The number of hydrogen-bond acceptors (Lipinski definition) is 5. The highest BCUT2D eigenvalue weighted by molar-refractivity contribution is 5.99. The lowest BCUT2D eigenvalue weighted by molar-refractivity contribution is -0.382. The molecule has 0 aliphatic heterocycles. The van der Waals surface area contributed by atoms with Gasteiger partial charge in [0, 0.05) is 11.6 Å². The number of nitro groups is 1. The van der Waals surface area contributed by atoms with Crippen LogP contribution in [0.4, 0.5) is 5.69 Å². The molecule has 1 N–H and O–H groups in total. The van der Waals surface area contributed by atoms with E-state index in [0.717, 1.165) is 0 Å². The van der Waals surface area contributed by atoms with Gasteiger partial charge in [0.15, 0.2) is 5.52 Å². The molecule has 0 radical (unpaired) electrons. The topological polar surface area (TPSA) is 85.5 Å². The Morgan fingerprint density at radius 1 is 1.23 bits per heavy atom. The van der Waals surface area contributed by atoms with Crippen molar-refractivity contribution in [1.29, 1.82) is 0 Å². The summed E-state index contributed by atoms with van der Waals surface area (Å²) in [5.41, 5.74) is 0.962. The Hall–Kier alpha value is -3.15. The van der Waals surface area contributed by atoms with Gasteiger partial charge in [0.25, 0.3) is 0 Å². The molecule has 0 aliphatic rings. The Labute approximate surface area is 125 Å². The number of aromatic hydroxyl groups is 1. The van der Waals surface area contributed by atoms with Gasteiger partial charge < -0.3 is 9.84 Å². The molecule has 6 nitrogen and oxygen atoms in total. The fourth-order valence-electron chi connectivity index (χ4n) is 2.39. The predicted octanol–water partition coefficient (Wildman–Crippen LogP) is 3.52. The Balaban J connectivity index is 2.32. The molecule has 0 saturated heterocycles. The molecule has 0 atom stereocenters. The van der Waals surface area contributed by atoms with E-state index in [0.29, 0.717) is 22.3 Å². The molecule has 0 unspecified atom stereocenters. The van der Waals surface area contributed by atoms with Crippen LogP contribution >= 0.6 is 0 Å². The second-order valence-corrected chi connectivity index (χ2v) is 4.68. The summed E-state index contributed by atoms with van der Waals surface area (Å²) in [7, 11) is 1.54. The van der Waals surface area contributed by atoms with Crippen molar-refractivity contribution in [3.05, 3.63) is 58.8 Å². The molecule has 3 rings (SSSR count). The average Bonchev–Trinajstić information content (AvgIpc) is 2.54. The fraction of sp³-hybridized carbons (Fsp3) is 0.0625. The second kappa shape index (κ2) is 5.33. The minimum Gasteiger partial charge on any atom is -0.507 e. The number of nitro benzene ring substituents is 1. The third kappa shape index (κ3) is 2.20. The van der Waals surface area contributed by atoms with Gasteiger partial charge in [-0.2, -0.15) is 0 Å². The summed E-state index contributed by atoms with van der Waals surface area (Å²) in [6, 6.07) is 11.4. The zero-order valence-corrected chi connectivity index (χ0v) is 11.7. The van der Waals surface area contributed by atoms with Crippen LogP contribution in [0.15, 0.2) is 48.7 Å². The van der Waals surface area contributed by atoms with Gasteiger partial charge in [-0.1, -0.05) is 12.1 Å². The molecule has 0 bridgehead atoms. The van der Waals surface area contributed by atoms with Crippen LogP contribution in [0.1, 0.15) is 0 Å². The molecule has 1 heterocycles. The van der Waals surface area contributed by atoms with Crippen molar-refractivity contribution in [2.45, 2.75) is 0 Å². The van der Waals surface area contributed by atoms with E-state index in [1.54, 1.807) is 43.5 Å². The van der Waals surface area contributed by atoms with Gasteiger partial charge in [0.1, 0.15) is 11.5 Å². The minimum atomic E-state index is -0.478. The number of ether oxygens (including phenoxy) is 1. The number of aromatic nitrogens is 1. The SMILES string of the molecule is COc1ccc(-c2cc(O)c3cccnc3c2[N+](=O)[O-])cc1. The third-order valence-electron chi connectivity index (χ3n) is 3.43. The van der Waals surface area contributed by atoms with Crippen LogP contribution in [0.5, 0.6) is 11.5 Å². The first kappa shape index (κ1) is 13.8. The summed E-state index contributed by atoms with van der Waals surface area (Å²) < 4.78 is 5.08. The van der Waals surface area contributed by atoms with Gasteiger partial charge >= 0.3 is 5.69 Å². The first-order chi connectivity index (χ1) is 10.6. The summed E-state index contributed by atoms with van der Waals surface area (Å²) in [6.07, 6.45) is 1.46. The third-order valence-corrected chi connectivity index (χ3v) is 3.43. The molecule has 0 amide bonds. The van der Waals surface area contributed by atoms with Gasteiger partial charge in [0.05, 0.1) is 17.6 Å². The van der Waals surface area contributed by atoms with Crippen LogP contribution in [0.25, 0.3) is 22.0 Å². The number of hydrogen-bond donors (Lipinski definition) is 1. The summed E-state index contributed by atoms with van der Waals surface area (Å²) >= 11 is 0. The van der Waals surface area contributed by atoms with E-state index in [1.165, 1.54) is 12.3 Å². The van der Waals surface area contributed by atoms with Crippen molar-refractivity contribution in [3.63, 3.8) is 0 Å². The van der Waals surface area contributed by atoms with Crippen molar-refractivity contribution in [2.24, 2.45) is 0 Å². The average molecular weight is 296 g/mol. The highest BCUT2D eigenvalue weighted by atomic mass is 16.6. The Morgan fingerprint density at radius 2 is 1.95 bits per heavy atom. The number of nitrogens with zero attached hydrogens (tertiary/aromatic N) is 2. The molecule has 0 saturated carbocycles. The normalized spacial score (nSPS) is 10.6. The van der Waals surface area contributed by atoms with Crippen LogP contribution in [-0.2, 0) is 0 Å². The molecule has 0 aliphatic carbocycles. The highest BCUT2D eigenvalue weighted by Crippen LogP contribution is 2.40. The molecule has 0 spiro atoms. The lowest BCUT2D eigenvalue weighted by Gasteiger charge is -2.08. The number of rotatable bonds is 3. The molecule has 22 heavy (non-hydrogen) atoms. The molecular formula is C16H12N2O4. The zero-order chi connectivity index (χ0) is 15.7. The fourth-order valence-corrected chi connectivity index (χ4v) is 2.39. The number of fused-ring (bicyclic) bond motifs is 1. The summed E-state index contributed by atoms with van der Waals surface area (Å²) in [5.74, 6) is 0.606. The van der Waals surface area contributed by atoms with Gasteiger partial charge in [-0.3, -0.25) is 10.1 Å². The minimum absolute atomic E-state index is 0.0421. The number of pyridine rings is 1. The van der Waals surface area contributed by atoms with E-state index in [4.69, 9.17) is 4.74 Å². The van der Waals surface area contributed by atoms with E-state index in [9.17, 15) is 15.2 Å². The van der Waals surface area contributed by atoms with Crippen molar-refractivity contribution < 1.29 is 14.8 Å². The smallest absolute Gasteiger partial charge is 0.303 e. The summed E-state index contributed by atoms with van der Waals surface area (Å²) in [4.78, 5) is 15.1. The van der Waals surface area contributed by atoms with Gasteiger partial charge in [-0.25, -0.2) is 4.98 Å². The maximum atomic E-state index is 11.5. The maximum Gasteiger partial charge on any atom is 0.303 e. The Morgan fingerprint density at radius 3 is 2.59 bits per heavy atom. The first-order valence-electron chi connectivity index (χ1n) is 6.51. The first-order valence-corrected chi connectivity index (χ1v) is 6.51. The second-order valence-electron chi connectivity index (χ2n) is 4.68.